The molecule has 0 aromatic heterocycles. The molecule has 3 aromatic carbocycles. The Balaban J connectivity index is 1.41. The van der Waals surface area contributed by atoms with Crippen molar-refractivity contribution in [3.8, 4) is 5.75 Å². The van der Waals surface area contributed by atoms with Crippen molar-refractivity contribution in [2.24, 2.45) is 0 Å². The molecule has 0 N–H and O–H groups in total. The molecule has 1 fully saturated rings. The van der Waals surface area contributed by atoms with Crippen molar-refractivity contribution in [2.75, 3.05) is 40.3 Å². The SMILES string of the molecule is COc1ccc([C@H]2[C@@H](C(=O)N3CCN(Cc4ccccc4)CC3)c3ccccc3C(=O)N2C)cc1. The van der Waals surface area contributed by atoms with Crippen molar-refractivity contribution in [2.45, 2.75) is 18.5 Å². The fourth-order valence-corrected chi connectivity index (χ4v) is 5.32. The molecule has 0 saturated carbocycles. The standard InChI is InChI=1S/C29H31N3O3/c1-30-27(22-12-14-23(35-2)15-13-22)26(24-10-6-7-11-25(24)28(30)33)29(34)32-18-16-31(17-19-32)20-21-8-4-3-5-9-21/h3-15,26-27H,16-20H2,1-2H3/t26-,27-/m0/s1. The zero-order chi connectivity index (χ0) is 24.4. The smallest absolute Gasteiger partial charge is 0.254 e. The predicted octanol–water partition coefficient (Wildman–Crippen LogP) is 3.95. The van der Waals surface area contributed by atoms with Gasteiger partial charge in [-0.2, -0.15) is 0 Å². The highest BCUT2D eigenvalue weighted by atomic mass is 16.5. The number of amides is 2. The Morgan fingerprint density at radius 3 is 2.23 bits per heavy atom. The first kappa shape index (κ1) is 23.1. The van der Waals surface area contributed by atoms with Crippen LogP contribution in [-0.4, -0.2) is 66.9 Å². The summed E-state index contributed by atoms with van der Waals surface area (Å²) >= 11 is 0. The molecule has 1 saturated heterocycles. The second kappa shape index (κ2) is 9.92. The monoisotopic (exact) mass is 469 g/mol. The molecule has 2 heterocycles. The van der Waals surface area contributed by atoms with E-state index in [-0.39, 0.29) is 17.9 Å². The number of carbonyl (C=O) groups excluding carboxylic acids is 2. The van der Waals surface area contributed by atoms with Crippen LogP contribution in [0.25, 0.3) is 0 Å². The molecule has 6 nitrogen and oxygen atoms in total. The van der Waals surface area contributed by atoms with Gasteiger partial charge in [-0.15, -0.1) is 0 Å². The first-order valence-electron chi connectivity index (χ1n) is 12.1. The fraction of sp³-hybridized carbons (Fsp3) is 0.310. The predicted molar refractivity (Wildman–Crippen MR) is 135 cm³/mol. The third-order valence-electron chi connectivity index (χ3n) is 7.24. The number of hydrogen-bond donors (Lipinski definition) is 0. The number of carbonyl (C=O) groups is 2. The van der Waals surface area contributed by atoms with Crippen LogP contribution < -0.4 is 4.74 Å². The van der Waals surface area contributed by atoms with E-state index in [1.807, 2.05) is 59.5 Å². The van der Waals surface area contributed by atoms with E-state index < -0.39 is 5.92 Å². The summed E-state index contributed by atoms with van der Waals surface area (Å²) in [5.74, 6) is 0.314. The average molecular weight is 470 g/mol. The highest BCUT2D eigenvalue weighted by Gasteiger charge is 2.44. The van der Waals surface area contributed by atoms with Gasteiger partial charge in [0.15, 0.2) is 0 Å². The molecule has 0 radical (unpaired) electrons. The summed E-state index contributed by atoms with van der Waals surface area (Å²) in [5.41, 5.74) is 3.64. The minimum atomic E-state index is -0.456. The Labute approximate surface area is 206 Å². The van der Waals surface area contributed by atoms with E-state index >= 15 is 0 Å². The van der Waals surface area contributed by atoms with E-state index in [1.54, 1.807) is 19.1 Å². The van der Waals surface area contributed by atoms with E-state index in [9.17, 15) is 9.59 Å². The lowest BCUT2D eigenvalue weighted by atomic mass is 9.79. The number of fused-ring (bicyclic) bond motifs is 1. The number of hydrogen-bond acceptors (Lipinski definition) is 4. The van der Waals surface area contributed by atoms with Gasteiger partial charge < -0.3 is 14.5 Å². The van der Waals surface area contributed by atoms with Crippen LogP contribution in [0.15, 0.2) is 78.9 Å². The van der Waals surface area contributed by atoms with Gasteiger partial charge in [-0.3, -0.25) is 14.5 Å². The molecule has 0 unspecified atom stereocenters. The average Bonchev–Trinajstić information content (AvgIpc) is 2.91. The Bertz CT molecular complexity index is 1190. The Morgan fingerprint density at radius 1 is 0.886 bits per heavy atom. The summed E-state index contributed by atoms with van der Waals surface area (Å²) in [4.78, 5) is 33.4. The fourth-order valence-electron chi connectivity index (χ4n) is 5.32. The quantitative estimate of drug-likeness (QED) is 0.568. The third kappa shape index (κ3) is 4.54. The van der Waals surface area contributed by atoms with Gasteiger partial charge in [0.1, 0.15) is 5.75 Å². The van der Waals surface area contributed by atoms with Crippen LogP contribution in [0.3, 0.4) is 0 Å². The number of ether oxygens (including phenoxy) is 1. The van der Waals surface area contributed by atoms with Gasteiger partial charge in [0.2, 0.25) is 5.91 Å². The van der Waals surface area contributed by atoms with Crippen LogP contribution in [0, 0.1) is 0 Å². The Hall–Kier alpha value is -3.64. The molecular weight excluding hydrogens is 438 g/mol. The molecule has 2 aliphatic rings. The maximum Gasteiger partial charge on any atom is 0.254 e. The van der Waals surface area contributed by atoms with Gasteiger partial charge in [-0.25, -0.2) is 0 Å². The van der Waals surface area contributed by atoms with Crippen molar-refractivity contribution < 1.29 is 14.3 Å². The summed E-state index contributed by atoms with van der Waals surface area (Å²) in [6, 6.07) is 25.3. The molecule has 5 rings (SSSR count). The number of rotatable bonds is 5. The molecule has 2 amide bonds. The molecule has 2 aliphatic heterocycles. The van der Waals surface area contributed by atoms with E-state index in [4.69, 9.17) is 4.74 Å². The lowest BCUT2D eigenvalue weighted by molar-refractivity contribution is -0.136. The van der Waals surface area contributed by atoms with Crippen molar-refractivity contribution in [3.05, 3.63) is 101 Å². The zero-order valence-electron chi connectivity index (χ0n) is 20.3. The van der Waals surface area contributed by atoms with Crippen LogP contribution in [0.2, 0.25) is 0 Å². The number of benzene rings is 3. The molecular formula is C29H31N3O3. The zero-order valence-corrected chi connectivity index (χ0v) is 20.3. The maximum absolute atomic E-state index is 14.1. The van der Waals surface area contributed by atoms with E-state index in [2.05, 4.69) is 29.2 Å². The highest BCUT2D eigenvalue weighted by molar-refractivity contribution is 6.01. The minimum Gasteiger partial charge on any atom is -0.497 e. The van der Waals surface area contributed by atoms with Crippen molar-refractivity contribution in [3.63, 3.8) is 0 Å². The first-order chi connectivity index (χ1) is 17.1. The molecule has 3 aromatic rings. The maximum atomic E-state index is 14.1. The van der Waals surface area contributed by atoms with Gasteiger partial charge in [-0.1, -0.05) is 60.7 Å². The largest absolute Gasteiger partial charge is 0.497 e. The molecule has 180 valence electrons. The molecule has 0 aliphatic carbocycles. The third-order valence-corrected chi connectivity index (χ3v) is 7.24. The summed E-state index contributed by atoms with van der Waals surface area (Å²) < 4.78 is 5.32. The van der Waals surface area contributed by atoms with Crippen molar-refractivity contribution in [1.82, 2.24) is 14.7 Å². The lowest BCUT2D eigenvalue weighted by Crippen LogP contribution is -2.52. The Morgan fingerprint density at radius 2 is 1.54 bits per heavy atom. The van der Waals surface area contributed by atoms with E-state index in [0.717, 1.165) is 36.5 Å². The number of methoxy groups -OCH3 is 1. The molecule has 6 heteroatoms. The van der Waals surface area contributed by atoms with E-state index in [1.165, 1.54) is 5.56 Å². The Kier molecular flexibility index (Phi) is 6.55. The molecule has 2 atom stereocenters. The van der Waals surface area contributed by atoms with Gasteiger partial charge in [0.25, 0.3) is 5.91 Å². The normalized spacial score (nSPS) is 20.5. The molecule has 0 spiro atoms. The van der Waals surface area contributed by atoms with Gasteiger partial charge in [-0.05, 0) is 34.9 Å². The van der Waals surface area contributed by atoms with Gasteiger partial charge >= 0.3 is 0 Å². The van der Waals surface area contributed by atoms with Crippen LogP contribution >= 0.6 is 0 Å². The van der Waals surface area contributed by atoms with Crippen LogP contribution in [0.4, 0.5) is 0 Å². The van der Waals surface area contributed by atoms with Crippen LogP contribution in [-0.2, 0) is 11.3 Å². The molecule has 0 bridgehead atoms. The number of nitrogens with zero attached hydrogens (tertiary/aromatic N) is 3. The minimum absolute atomic E-state index is 0.0573. The summed E-state index contributed by atoms with van der Waals surface area (Å²) in [6.45, 7) is 3.91. The summed E-state index contributed by atoms with van der Waals surface area (Å²) in [5, 5.41) is 0. The lowest BCUT2D eigenvalue weighted by Gasteiger charge is -2.43. The van der Waals surface area contributed by atoms with E-state index in [0.29, 0.717) is 18.7 Å². The summed E-state index contributed by atoms with van der Waals surface area (Å²) in [6.07, 6.45) is 0. The van der Waals surface area contributed by atoms with Gasteiger partial charge in [0.05, 0.1) is 19.1 Å². The van der Waals surface area contributed by atoms with Crippen LogP contribution in [0.5, 0.6) is 5.75 Å². The molecule has 35 heavy (non-hydrogen) atoms. The summed E-state index contributed by atoms with van der Waals surface area (Å²) in [7, 11) is 3.43. The van der Waals surface area contributed by atoms with Crippen molar-refractivity contribution in [1.29, 1.82) is 0 Å². The van der Waals surface area contributed by atoms with Crippen molar-refractivity contribution >= 4 is 11.8 Å². The van der Waals surface area contributed by atoms with Crippen LogP contribution in [0.1, 0.15) is 39.0 Å². The first-order valence-corrected chi connectivity index (χ1v) is 12.1. The highest BCUT2D eigenvalue weighted by Crippen LogP contribution is 2.43. The second-order valence-corrected chi connectivity index (χ2v) is 9.29. The number of likely N-dealkylation sites (N-methyl/N-ethyl adjacent to an activating group) is 1. The number of piperazine rings is 1. The van der Waals surface area contributed by atoms with Gasteiger partial charge in [0, 0.05) is 45.3 Å². The second-order valence-electron chi connectivity index (χ2n) is 9.29. The topological polar surface area (TPSA) is 53.1 Å².